The first-order valence-corrected chi connectivity index (χ1v) is 6.93. The van der Waals surface area contributed by atoms with Crippen molar-refractivity contribution in [2.45, 2.75) is 36.3 Å². The van der Waals surface area contributed by atoms with Crippen LogP contribution in [0.3, 0.4) is 0 Å². The zero-order valence-electron chi connectivity index (χ0n) is 9.14. The summed E-state index contributed by atoms with van der Waals surface area (Å²) in [5.74, 6) is -0.482. The van der Waals surface area contributed by atoms with Gasteiger partial charge in [-0.25, -0.2) is 17.5 Å². The summed E-state index contributed by atoms with van der Waals surface area (Å²) in [6.07, 6.45) is 1.40. The predicted octanol–water partition coefficient (Wildman–Crippen LogP) is 1.02. The van der Waals surface area contributed by atoms with Gasteiger partial charge in [0.05, 0.1) is 11.0 Å². The van der Waals surface area contributed by atoms with Gasteiger partial charge in [0.1, 0.15) is 5.82 Å². The monoisotopic (exact) mass is 259 g/mol. The fourth-order valence-corrected chi connectivity index (χ4v) is 3.26. The van der Waals surface area contributed by atoms with Crippen LogP contribution in [0.4, 0.5) is 4.39 Å². The molecule has 1 aliphatic carbocycles. The molecule has 2 unspecified atom stereocenters. The number of sulfonamides is 1. The van der Waals surface area contributed by atoms with E-state index in [0.717, 1.165) is 18.6 Å². The Morgan fingerprint density at radius 3 is 2.41 bits per heavy atom. The maximum absolute atomic E-state index is 12.7. The molecule has 1 aliphatic rings. The number of rotatable bonds is 3. The Morgan fingerprint density at radius 2 is 1.88 bits per heavy atom. The van der Waals surface area contributed by atoms with Crippen molar-refractivity contribution < 1.29 is 17.9 Å². The van der Waals surface area contributed by atoms with Gasteiger partial charge in [0, 0.05) is 6.04 Å². The van der Waals surface area contributed by atoms with Crippen LogP contribution in [0.15, 0.2) is 29.2 Å². The van der Waals surface area contributed by atoms with Gasteiger partial charge in [-0.05, 0) is 43.5 Å². The van der Waals surface area contributed by atoms with E-state index >= 15 is 0 Å². The highest BCUT2D eigenvalue weighted by molar-refractivity contribution is 7.89. The van der Waals surface area contributed by atoms with Gasteiger partial charge in [-0.1, -0.05) is 0 Å². The minimum atomic E-state index is -3.67. The van der Waals surface area contributed by atoms with Crippen LogP contribution in [-0.2, 0) is 10.0 Å². The average Bonchev–Trinajstić information content (AvgIpc) is 2.64. The van der Waals surface area contributed by atoms with Crippen LogP contribution >= 0.6 is 0 Å². The van der Waals surface area contributed by atoms with Crippen molar-refractivity contribution in [2.24, 2.45) is 0 Å². The van der Waals surface area contributed by atoms with Crippen LogP contribution in [0.2, 0.25) is 0 Å². The number of halogens is 1. The molecule has 6 heteroatoms. The zero-order chi connectivity index (χ0) is 12.5. The Bertz CT molecular complexity index is 486. The number of aliphatic hydroxyl groups excluding tert-OH is 1. The lowest BCUT2D eigenvalue weighted by atomic mass is 10.2. The lowest BCUT2D eigenvalue weighted by Gasteiger charge is -2.16. The van der Waals surface area contributed by atoms with E-state index in [4.69, 9.17) is 0 Å². The highest BCUT2D eigenvalue weighted by Gasteiger charge is 2.29. The molecule has 0 aliphatic heterocycles. The molecule has 1 aromatic carbocycles. The Balaban J connectivity index is 2.16. The fraction of sp³-hybridized carbons (Fsp3) is 0.455. The molecule has 94 valence electrons. The van der Waals surface area contributed by atoms with Crippen LogP contribution in [0.5, 0.6) is 0 Å². The fourth-order valence-electron chi connectivity index (χ4n) is 1.96. The zero-order valence-corrected chi connectivity index (χ0v) is 9.95. The molecule has 2 rings (SSSR count). The van der Waals surface area contributed by atoms with E-state index in [1.807, 2.05) is 0 Å². The van der Waals surface area contributed by atoms with E-state index in [-0.39, 0.29) is 4.90 Å². The standard InChI is InChI=1S/C11H14FNO3S/c12-8-4-6-9(7-5-8)17(15,16)13-10-2-1-3-11(10)14/h4-7,10-11,13-14H,1-3H2. The summed E-state index contributed by atoms with van der Waals surface area (Å²) < 4.78 is 38.9. The average molecular weight is 259 g/mol. The maximum atomic E-state index is 12.7. The molecule has 0 saturated heterocycles. The van der Waals surface area contributed by atoms with E-state index in [1.54, 1.807) is 0 Å². The Kier molecular flexibility index (Phi) is 3.46. The van der Waals surface area contributed by atoms with Gasteiger partial charge in [-0.15, -0.1) is 0 Å². The highest BCUT2D eigenvalue weighted by atomic mass is 32.2. The Labute approximate surface area is 99.5 Å². The van der Waals surface area contributed by atoms with Gasteiger partial charge in [0.15, 0.2) is 0 Å². The molecule has 0 radical (unpaired) electrons. The maximum Gasteiger partial charge on any atom is 0.240 e. The first kappa shape index (κ1) is 12.5. The van der Waals surface area contributed by atoms with Crippen molar-refractivity contribution in [3.8, 4) is 0 Å². The summed E-state index contributed by atoms with van der Waals surface area (Å²) in [5.41, 5.74) is 0. The quantitative estimate of drug-likeness (QED) is 0.851. The Hall–Kier alpha value is -0.980. The van der Waals surface area contributed by atoms with Crippen molar-refractivity contribution in [2.75, 3.05) is 0 Å². The van der Waals surface area contributed by atoms with E-state index in [0.29, 0.717) is 12.8 Å². The van der Waals surface area contributed by atoms with Gasteiger partial charge in [0.25, 0.3) is 0 Å². The van der Waals surface area contributed by atoms with Crippen LogP contribution in [0, 0.1) is 5.82 Å². The third-order valence-corrected chi connectivity index (χ3v) is 4.42. The van der Waals surface area contributed by atoms with Crippen LogP contribution in [-0.4, -0.2) is 25.7 Å². The summed E-state index contributed by atoms with van der Waals surface area (Å²) >= 11 is 0. The molecule has 0 bridgehead atoms. The first-order chi connectivity index (χ1) is 7.99. The van der Waals surface area contributed by atoms with Gasteiger partial charge < -0.3 is 5.11 Å². The molecule has 0 heterocycles. The van der Waals surface area contributed by atoms with Crippen molar-refractivity contribution >= 4 is 10.0 Å². The number of hydrogen-bond acceptors (Lipinski definition) is 3. The molecule has 0 amide bonds. The van der Waals surface area contributed by atoms with Crippen LogP contribution in [0.1, 0.15) is 19.3 Å². The number of benzene rings is 1. The molecular weight excluding hydrogens is 245 g/mol. The topological polar surface area (TPSA) is 66.4 Å². The van der Waals surface area contributed by atoms with Crippen molar-refractivity contribution in [3.05, 3.63) is 30.1 Å². The first-order valence-electron chi connectivity index (χ1n) is 5.45. The highest BCUT2D eigenvalue weighted by Crippen LogP contribution is 2.21. The van der Waals surface area contributed by atoms with Crippen molar-refractivity contribution in [3.63, 3.8) is 0 Å². The van der Waals surface area contributed by atoms with E-state index in [2.05, 4.69) is 4.72 Å². The molecule has 1 aromatic rings. The van der Waals surface area contributed by atoms with Crippen molar-refractivity contribution in [1.29, 1.82) is 0 Å². The van der Waals surface area contributed by atoms with E-state index in [9.17, 15) is 17.9 Å². The SMILES string of the molecule is O=S(=O)(NC1CCCC1O)c1ccc(F)cc1. The number of hydrogen-bond donors (Lipinski definition) is 2. The lowest BCUT2D eigenvalue weighted by Crippen LogP contribution is -2.39. The van der Waals surface area contributed by atoms with Gasteiger partial charge in [0.2, 0.25) is 10.0 Å². The number of aliphatic hydroxyl groups is 1. The number of nitrogens with one attached hydrogen (secondary N) is 1. The largest absolute Gasteiger partial charge is 0.391 e. The minimum Gasteiger partial charge on any atom is -0.391 e. The van der Waals surface area contributed by atoms with Gasteiger partial charge in [-0.2, -0.15) is 0 Å². The van der Waals surface area contributed by atoms with Crippen LogP contribution < -0.4 is 4.72 Å². The summed E-state index contributed by atoms with van der Waals surface area (Å²) in [5, 5.41) is 9.56. The molecule has 1 fully saturated rings. The van der Waals surface area contributed by atoms with E-state index < -0.39 is 28.0 Å². The summed E-state index contributed by atoms with van der Waals surface area (Å²) in [7, 11) is -3.67. The van der Waals surface area contributed by atoms with Crippen molar-refractivity contribution in [1.82, 2.24) is 4.72 Å². The van der Waals surface area contributed by atoms with Gasteiger partial charge >= 0.3 is 0 Å². The molecular formula is C11H14FNO3S. The van der Waals surface area contributed by atoms with Crippen LogP contribution in [0.25, 0.3) is 0 Å². The smallest absolute Gasteiger partial charge is 0.240 e. The molecule has 1 saturated carbocycles. The van der Waals surface area contributed by atoms with Gasteiger partial charge in [-0.3, -0.25) is 0 Å². The normalized spacial score (nSPS) is 25.1. The predicted molar refractivity (Wildman–Crippen MR) is 60.4 cm³/mol. The Morgan fingerprint density at radius 1 is 1.24 bits per heavy atom. The molecule has 4 nitrogen and oxygen atoms in total. The molecule has 17 heavy (non-hydrogen) atoms. The van der Waals surface area contributed by atoms with E-state index in [1.165, 1.54) is 12.1 Å². The second kappa shape index (κ2) is 4.72. The third-order valence-electron chi connectivity index (χ3n) is 2.91. The molecule has 0 aromatic heterocycles. The molecule has 0 spiro atoms. The third kappa shape index (κ3) is 2.83. The summed E-state index contributed by atoms with van der Waals surface area (Å²) in [6, 6.07) is 4.17. The summed E-state index contributed by atoms with van der Waals surface area (Å²) in [6.45, 7) is 0. The second-order valence-electron chi connectivity index (χ2n) is 4.18. The molecule has 2 atom stereocenters. The summed E-state index contributed by atoms with van der Waals surface area (Å²) in [4.78, 5) is 0.0120. The second-order valence-corrected chi connectivity index (χ2v) is 5.89. The minimum absolute atomic E-state index is 0.0120. The molecule has 2 N–H and O–H groups in total. The lowest BCUT2D eigenvalue weighted by molar-refractivity contribution is 0.159.